The Morgan fingerprint density at radius 1 is 1.31 bits per heavy atom. The summed E-state index contributed by atoms with van der Waals surface area (Å²) >= 11 is 1.34. The molecule has 1 aliphatic rings. The number of rotatable bonds is 4. The molecule has 3 N–H and O–H groups in total. The predicted molar refractivity (Wildman–Crippen MR) is 110 cm³/mol. The summed E-state index contributed by atoms with van der Waals surface area (Å²) in [7, 11) is 0. The maximum absolute atomic E-state index is 12.7. The molecule has 1 aliphatic heterocycles. The maximum Gasteiger partial charge on any atom is 0.324 e. The third-order valence-corrected chi connectivity index (χ3v) is 6.26. The van der Waals surface area contributed by atoms with Crippen molar-refractivity contribution in [2.75, 3.05) is 11.9 Å². The minimum Gasteiger partial charge on any atom is -0.368 e. The standard InChI is InChI=1S/C19H21N7O2S/c1-12-15(13-5-3-6-14(23-13)25-10-8-21-11-25)29-17(22-12)24-18(28)26-9-4-7-19(26,2)16(20)27/h3,5-6,8,10-11H,4,7,9H2,1-2H3,(H2,20,27)(H,22,24,28)/t19-/m0/s1. The number of thiazole rings is 1. The second-order valence-corrected chi connectivity index (χ2v) is 8.11. The van der Waals surface area contributed by atoms with E-state index in [0.29, 0.717) is 18.1 Å². The van der Waals surface area contributed by atoms with Crippen LogP contribution in [0.2, 0.25) is 0 Å². The Bertz CT molecular complexity index is 1060. The van der Waals surface area contributed by atoms with Crippen LogP contribution in [0.3, 0.4) is 0 Å². The highest BCUT2D eigenvalue weighted by Gasteiger charge is 2.44. The van der Waals surface area contributed by atoms with Gasteiger partial charge in [0.05, 0.1) is 16.3 Å². The van der Waals surface area contributed by atoms with Gasteiger partial charge in [0.15, 0.2) is 5.13 Å². The molecule has 4 rings (SSSR count). The molecule has 0 unspecified atom stereocenters. The molecule has 1 saturated heterocycles. The van der Waals surface area contributed by atoms with E-state index in [1.807, 2.05) is 35.9 Å². The number of hydrogen-bond acceptors (Lipinski definition) is 6. The highest BCUT2D eigenvalue weighted by molar-refractivity contribution is 7.19. The summed E-state index contributed by atoms with van der Waals surface area (Å²) in [5.74, 6) is 0.245. The fourth-order valence-electron chi connectivity index (χ4n) is 3.48. The molecule has 10 heteroatoms. The first-order valence-corrected chi connectivity index (χ1v) is 10.0. The first-order valence-electron chi connectivity index (χ1n) is 9.20. The van der Waals surface area contributed by atoms with Crippen molar-refractivity contribution in [3.8, 4) is 16.4 Å². The molecule has 1 fully saturated rings. The molecule has 0 saturated carbocycles. The first kappa shape index (κ1) is 19.1. The number of nitrogens with two attached hydrogens (primary N) is 1. The van der Waals surface area contributed by atoms with Crippen LogP contribution in [0.25, 0.3) is 16.4 Å². The van der Waals surface area contributed by atoms with Crippen molar-refractivity contribution in [2.45, 2.75) is 32.2 Å². The Labute approximate surface area is 171 Å². The summed E-state index contributed by atoms with van der Waals surface area (Å²) in [6, 6.07) is 5.33. The van der Waals surface area contributed by atoms with E-state index in [4.69, 9.17) is 5.73 Å². The first-order chi connectivity index (χ1) is 13.9. The zero-order valence-corrected chi connectivity index (χ0v) is 16.9. The van der Waals surface area contributed by atoms with E-state index in [1.165, 1.54) is 16.2 Å². The Morgan fingerprint density at radius 3 is 2.86 bits per heavy atom. The molecule has 0 aliphatic carbocycles. The van der Waals surface area contributed by atoms with Gasteiger partial charge in [0, 0.05) is 18.9 Å². The number of imidazole rings is 1. The number of anilines is 1. The highest BCUT2D eigenvalue weighted by Crippen LogP contribution is 2.34. The fourth-order valence-corrected chi connectivity index (χ4v) is 4.41. The van der Waals surface area contributed by atoms with Gasteiger partial charge in [-0.25, -0.2) is 19.7 Å². The van der Waals surface area contributed by atoms with E-state index in [-0.39, 0.29) is 6.03 Å². The van der Waals surface area contributed by atoms with E-state index in [0.717, 1.165) is 28.5 Å². The average molecular weight is 411 g/mol. The van der Waals surface area contributed by atoms with Crippen molar-refractivity contribution >= 4 is 28.4 Å². The molecular formula is C19H21N7O2S. The lowest BCUT2D eigenvalue weighted by molar-refractivity contribution is -0.126. The lowest BCUT2D eigenvalue weighted by Gasteiger charge is -2.31. The molecule has 0 radical (unpaired) electrons. The van der Waals surface area contributed by atoms with Gasteiger partial charge >= 0.3 is 6.03 Å². The monoisotopic (exact) mass is 411 g/mol. The second-order valence-electron chi connectivity index (χ2n) is 7.11. The molecular weight excluding hydrogens is 390 g/mol. The minimum atomic E-state index is -0.972. The van der Waals surface area contributed by atoms with E-state index in [2.05, 4.69) is 20.3 Å². The summed E-state index contributed by atoms with van der Waals surface area (Å²) in [6.45, 7) is 4.05. The third kappa shape index (κ3) is 3.46. The van der Waals surface area contributed by atoms with Gasteiger partial charge in [0.2, 0.25) is 5.91 Å². The summed E-state index contributed by atoms with van der Waals surface area (Å²) in [5.41, 5.74) is 6.07. The third-order valence-electron chi connectivity index (χ3n) is 5.16. The van der Waals surface area contributed by atoms with Gasteiger partial charge in [-0.2, -0.15) is 0 Å². The molecule has 150 valence electrons. The van der Waals surface area contributed by atoms with Crippen LogP contribution in [0.5, 0.6) is 0 Å². The van der Waals surface area contributed by atoms with Gasteiger partial charge in [-0.05, 0) is 38.8 Å². The zero-order valence-electron chi connectivity index (χ0n) is 16.1. The van der Waals surface area contributed by atoms with Gasteiger partial charge in [0.1, 0.15) is 17.7 Å². The van der Waals surface area contributed by atoms with Gasteiger partial charge in [-0.15, -0.1) is 0 Å². The number of primary amides is 1. The maximum atomic E-state index is 12.7. The topological polar surface area (TPSA) is 119 Å². The summed E-state index contributed by atoms with van der Waals surface area (Å²) in [4.78, 5) is 40.1. The van der Waals surface area contributed by atoms with Crippen molar-refractivity contribution in [2.24, 2.45) is 5.73 Å². The number of aryl methyl sites for hydroxylation is 1. The SMILES string of the molecule is Cc1nc(NC(=O)N2CCC[C@@]2(C)C(N)=O)sc1-c1cccc(-n2ccnc2)n1. The Balaban J connectivity index is 1.57. The van der Waals surface area contributed by atoms with Gasteiger partial charge in [-0.3, -0.25) is 14.7 Å². The Kier molecular flexibility index (Phi) is 4.79. The van der Waals surface area contributed by atoms with Crippen molar-refractivity contribution in [3.05, 3.63) is 42.6 Å². The number of nitrogens with one attached hydrogen (secondary N) is 1. The summed E-state index contributed by atoms with van der Waals surface area (Å²) < 4.78 is 1.82. The molecule has 0 spiro atoms. The number of carbonyl (C=O) groups is 2. The number of amides is 3. The normalized spacial score (nSPS) is 18.8. The van der Waals surface area contributed by atoms with E-state index >= 15 is 0 Å². The largest absolute Gasteiger partial charge is 0.368 e. The zero-order chi connectivity index (χ0) is 20.6. The molecule has 0 aromatic carbocycles. The van der Waals surface area contributed by atoms with Crippen molar-refractivity contribution in [3.63, 3.8) is 0 Å². The molecule has 3 aromatic rings. The number of urea groups is 1. The lowest BCUT2D eigenvalue weighted by atomic mass is 9.98. The van der Waals surface area contributed by atoms with E-state index in [1.54, 1.807) is 19.4 Å². The van der Waals surface area contributed by atoms with E-state index in [9.17, 15) is 9.59 Å². The number of carbonyl (C=O) groups excluding carboxylic acids is 2. The number of pyridine rings is 1. The molecule has 1 atom stereocenters. The molecule has 0 bridgehead atoms. The number of aromatic nitrogens is 4. The van der Waals surface area contributed by atoms with Gasteiger partial charge in [0.25, 0.3) is 0 Å². The van der Waals surface area contributed by atoms with Crippen LogP contribution in [0, 0.1) is 6.92 Å². The number of hydrogen-bond donors (Lipinski definition) is 2. The average Bonchev–Trinajstić information content (AvgIpc) is 3.42. The van der Waals surface area contributed by atoms with Crippen molar-refractivity contribution in [1.82, 2.24) is 24.4 Å². The Morgan fingerprint density at radius 2 is 2.14 bits per heavy atom. The molecule has 9 nitrogen and oxygen atoms in total. The van der Waals surface area contributed by atoms with Crippen molar-refractivity contribution < 1.29 is 9.59 Å². The van der Waals surface area contributed by atoms with Gasteiger partial charge in [-0.1, -0.05) is 17.4 Å². The quantitative estimate of drug-likeness (QED) is 0.684. The highest BCUT2D eigenvalue weighted by atomic mass is 32.1. The molecule has 3 aromatic heterocycles. The number of nitrogens with zero attached hydrogens (tertiary/aromatic N) is 5. The molecule has 29 heavy (non-hydrogen) atoms. The van der Waals surface area contributed by atoms with Crippen LogP contribution in [-0.2, 0) is 4.79 Å². The van der Waals surface area contributed by atoms with Crippen LogP contribution < -0.4 is 11.1 Å². The van der Waals surface area contributed by atoms with Crippen LogP contribution in [0.1, 0.15) is 25.5 Å². The van der Waals surface area contributed by atoms with Crippen LogP contribution in [-0.4, -0.2) is 48.4 Å². The van der Waals surface area contributed by atoms with Gasteiger partial charge < -0.3 is 10.6 Å². The fraction of sp³-hybridized carbons (Fsp3) is 0.316. The van der Waals surface area contributed by atoms with Crippen LogP contribution in [0.4, 0.5) is 9.93 Å². The lowest BCUT2D eigenvalue weighted by Crippen LogP contribution is -2.55. The number of likely N-dealkylation sites (tertiary alicyclic amines) is 1. The summed E-state index contributed by atoms with van der Waals surface area (Å²) in [6.07, 6.45) is 6.49. The van der Waals surface area contributed by atoms with Crippen LogP contribution in [0.15, 0.2) is 36.9 Å². The molecule has 4 heterocycles. The van der Waals surface area contributed by atoms with Crippen LogP contribution >= 0.6 is 11.3 Å². The summed E-state index contributed by atoms with van der Waals surface area (Å²) in [5, 5.41) is 3.27. The Hall–Kier alpha value is -3.27. The minimum absolute atomic E-state index is 0.371. The second kappa shape index (κ2) is 7.28. The van der Waals surface area contributed by atoms with E-state index < -0.39 is 11.4 Å². The smallest absolute Gasteiger partial charge is 0.324 e. The predicted octanol–water partition coefficient (Wildman–Crippen LogP) is 2.57. The molecule has 3 amide bonds. The van der Waals surface area contributed by atoms with Crippen molar-refractivity contribution in [1.29, 1.82) is 0 Å².